The van der Waals surface area contributed by atoms with Crippen LogP contribution < -0.4 is 10.1 Å². The van der Waals surface area contributed by atoms with Crippen molar-refractivity contribution in [1.82, 2.24) is 15.5 Å². The molecule has 0 fully saturated rings. The first kappa shape index (κ1) is 16.6. The van der Waals surface area contributed by atoms with Gasteiger partial charge in [-0.05, 0) is 49.7 Å². The number of rotatable bonds is 5. The van der Waals surface area contributed by atoms with Crippen LogP contribution in [0.2, 0.25) is 0 Å². The van der Waals surface area contributed by atoms with Crippen molar-refractivity contribution in [3.05, 3.63) is 83.6 Å². The van der Waals surface area contributed by atoms with Crippen LogP contribution in [0.15, 0.2) is 66.7 Å². The largest absolute Gasteiger partial charge is 0.438 e. The van der Waals surface area contributed by atoms with Crippen LogP contribution in [-0.4, -0.2) is 16.1 Å². The molecule has 2 aromatic carbocycles. The number of benzene rings is 2. The summed E-state index contributed by atoms with van der Waals surface area (Å²) in [4.78, 5) is 12.4. The highest BCUT2D eigenvalue weighted by Gasteiger charge is 2.11. The maximum Gasteiger partial charge on any atom is 0.251 e. The molecule has 5 heteroatoms. The van der Waals surface area contributed by atoms with Crippen molar-refractivity contribution < 1.29 is 9.53 Å². The first-order valence-corrected chi connectivity index (χ1v) is 8.06. The normalized spacial score (nSPS) is 11.6. The highest BCUT2D eigenvalue weighted by molar-refractivity contribution is 5.94. The second-order valence-corrected chi connectivity index (χ2v) is 5.75. The fraction of sp³-hybridized carbons (Fsp3) is 0.150. The van der Waals surface area contributed by atoms with E-state index in [0.29, 0.717) is 17.2 Å². The molecule has 1 atom stereocenters. The summed E-state index contributed by atoms with van der Waals surface area (Å²) in [5.74, 6) is 0.893. The number of amides is 1. The monoisotopic (exact) mass is 333 g/mol. The highest BCUT2D eigenvalue weighted by Crippen LogP contribution is 2.20. The van der Waals surface area contributed by atoms with E-state index in [4.69, 9.17) is 4.74 Å². The Hall–Kier alpha value is -3.21. The number of aromatic nitrogens is 2. The van der Waals surface area contributed by atoms with E-state index in [0.717, 1.165) is 11.3 Å². The molecule has 0 bridgehead atoms. The van der Waals surface area contributed by atoms with Gasteiger partial charge in [0, 0.05) is 11.6 Å². The van der Waals surface area contributed by atoms with E-state index in [-0.39, 0.29) is 11.9 Å². The first-order valence-electron chi connectivity index (χ1n) is 8.06. The highest BCUT2D eigenvalue weighted by atomic mass is 16.5. The van der Waals surface area contributed by atoms with Gasteiger partial charge in [0.25, 0.3) is 5.91 Å². The molecule has 0 saturated heterocycles. The van der Waals surface area contributed by atoms with Gasteiger partial charge in [-0.1, -0.05) is 30.3 Å². The predicted molar refractivity (Wildman–Crippen MR) is 95.6 cm³/mol. The summed E-state index contributed by atoms with van der Waals surface area (Å²) in [6, 6.07) is 20.3. The lowest BCUT2D eigenvalue weighted by Crippen LogP contribution is -2.26. The van der Waals surface area contributed by atoms with Gasteiger partial charge in [-0.2, -0.15) is 5.10 Å². The van der Waals surface area contributed by atoms with E-state index in [1.807, 2.05) is 50.2 Å². The first-order chi connectivity index (χ1) is 12.1. The number of aryl methyl sites for hydroxylation is 1. The van der Waals surface area contributed by atoms with E-state index in [2.05, 4.69) is 15.5 Å². The van der Waals surface area contributed by atoms with Crippen molar-refractivity contribution in [2.24, 2.45) is 0 Å². The SMILES string of the molecule is Cc1ccc(Oc2ccc(C(=O)N[C@@H](C)c3ccccc3)cc2)nn1. The molecule has 0 aliphatic rings. The van der Waals surface area contributed by atoms with Gasteiger partial charge in [-0.25, -0.2) is 0 Å². The van der Waals surface area contributed by atoms with E-state index < -0.39 is 0 Å². The molecule has 0 radical (unpaired) electrons. The van der Waals surface area contributed by atoms with E-state index >= 15 is 0 Å². The predicted octanol–water partition coefficient (Wildman–Crippen LogP) is 4.07. The Bertz CT molecular complexity index is 831. The summed E-state index contributed by atoms with van der Waals surface area (Å²) in [5, 5.41) is 10.9. The Morgan fingerprint density at radius 2 is 1.68 bits per heavy atom. The zero-order valence-electron chi connectivity index (χ0n) is 14.1. The molecule has 3 aromatic rings. The van der Waals surface area contributed by atoms with Crippen molar-refractivity contribution >= 4 is 5.91 Å². The van der Waals surface area contributed by atoms with Crippen LogP contribution in [0.1, 0.15) is 34.6 Å². The maximum absolute atomic E-state index is 12.4. The average Bonchev–Trinajstić information content (AvgIpc) is 2.65. The molecule has 1 N–H and O–H groups in total. The molecule has 1 aromatic heterocycles. The second-order valence-electron chi connectivity index (χ2n) is 5.75. The lowest BCUT2D eigenvalue weighted by molar-refractivity contribution is 0.0940. The Morgan fingerprint density at radius 1 is 0.960 bits per heavy atom. The lowest BCUT2D eigenvalue weighted by atomic mass is 10.1. The second kappa shape index (κ2) is 7.57. The zero-order chi connectivity index (χ0) is 17.6. The standard InChI is InChI=1S/C20H19N3O2/c1-14-8-13-19(23-22-14)25-18-11-9-17(10-12-18)20(24)21-15(2)16-6-4-3-5-7-16/h3-13,15H,1-2H3,(H,21,24)/t15-/m0/s1. The number of nitrogens with one attached hydrogen (secondary N) is 1. The van der Waals surface area contributed by atoms with Crippen molar-refractivity contribution in [2.75, 3.05) is 0 Å². The lowest BCUT2D eigenvalue weighted by Gasteiger charge is -2.14. The molecular weight excluding hydrogens is 314 g/mol. The van der Waals surface area contributed by atoms with Gasteiger partial charge in [0.2, 0.25) is 5.88 Å². The van der Waals surface area contributed by atoms with Crippen molar-refractivity contribution in [3.63, 3.8) is 0 Å². The Kier molecular flexibility index (Phi) is 5.04. The minimum atomic E-state index is -0.127. The summed E-state index contributed by atoms with van der Waals surface area (Å²) in [6.07, 6.45) is 0. The van der Waals surface area contributed by atoms with Gasteiger partial charge in [0.05, 0.1) is 11.7 Å². The summed E-state index contributed by atoms with van der Waals surface area (Å²) < 4.78 is 5.61. The summed E-state index contributed by atoms with van der Waals surface area (Å²) in [5.41, 5.74) is 2.46. The average molecular weight is 333 g/mol. The molecule has 0 aliphatic carbocycles. The molecule has 0 saturated carbocycles. The Labute approximate surface area is 146 Å². The molecule has 126 valence electrons. The molecule has 1 amide bonds. The van der Waals surface area contributed by atoms with Gasteiger partial charge in [0.1, 0.15) is 5.75 Å². The molecule has 25 heavy (non-hydrogen) atoms. The van der Waals surface area contributed by atoms with Crippen LogP contribution in [0.3, 0.4) is 0 Å². The number of ether oxygens (including phenoxy) is 1. The Morgan fingerprint density at radius 3 is 2.32 bits per heavy atom. The number of hydrogen-bond donors (Lipinski definition) is 1. The molecule has 3 rings (SSSR count). The number of carbonyl (C=O) groups is 1. The third kappa shape index (κ3) is 4.41. The van der Waals surface area contributed by atoms with Gasteiger partial charge in [-0.15, -0.1) is 5.10 Å². The fourth-order valence-electron chi connectivity index (χ4n) is 2.34. The van der Waals surface area contributed by atoms with Gasteiger partial charge < -0.3 is 10.1 Å². The third-order valence-corrected chi connectivity index (χ3v) is 3.76. The van der Waals surface area contributed by atoms with Crippen molar-refractivity contribution in [3.8, 4) is 11.6 Å². The quantitative estimate of drug-likeness (QED) is 0.764. The maximum atomic E-state index is 12.4. The van der Waals surface area contributed by atoms with Crippen LogP contribution in [-0.2, 0) is 0 Å². The molecule has 0 unspecified atom stereocenters. The number of hydrogen-bond acceptors (Lipinski definition) is 4. The molecular formula is C20H19N3O2. The van der Waals surface area contributed by atoms with E-state index in [1.165, 1.54) is 0 Å². The Balaban J connectivity index is 1.63. The minimum Gasteiger partial charge on any atom is -0.438 e. The number of nitrogens with zero attached hydrogens (tertiary/aromatic N) is 2. The molecule has 5 nitrogen and oxygen atoms in total. The smallest absolute Gasteiger partial charge is 0.251 e. The summed E-state index contributed by atoms with van der Waals surface area (Å²) >= 11 is 0. The number of carbonyl (C=O) groups excluding carboxylic acids is 1. The van der Waals surface area contributed by atoms with Crippen LogP contribution >= 0.6 is 0 Å². The molecule has 1 heterocycles. The van der Waals surface area contributed by atoms with Crippen LogP contribution in [0.5, 0.6) is 11.6 Å². The minimum absolute atomic E-state index is 0.0625. The topological polar surface area (TPSA) is 64.1 Å². The van der Waals surface area contributed by atoms with Crippen LogP contribution in [0.25, 0.3) is 0 Å². The van der Waals surface area contributed by atoms with Gasteiger partial charge >= 0.3 is 0 Å². The van der Waals surface area contributed by atoms with Crippen LogP contribution in [0.4, 0.5) is 0 Å². The molecule has 0 aliphatic heterocycles. The molecule has 0 spiro atoms. The van der Waals surface area contributed by atoms with Crippen molar-refractivity contribution in [2.45, 2.75) is 19.9 Å². The van der Waals surface area contributed by atoms with E-state index in [9.17, 15) is 4.79 Å². The zero-order valence-corrected chi connectivity index (χ0v) is 14.1. The van der Waals surface area contributed by atoms with Crippen LogP contribution in [0, 0.1) is 6.92 Å². The van der Waals surface area contributed by atoms with Gasteiger partial charge in [-0.3, -0.25) is 4.79 Å². The summed E-state index contributed by atoms with van der Waals surface area (Å²) in [6.45, 7) is 3.82. The van der Waals surface area contributed by atoms with Crippen molar-refractivity contribution in [1.29, 1.82) is 0 Å². The third-order valence-electron chi connectivity index (χ3n) is 3.76. The van der Waals surface area contributed by atoms with Gasteiger partial charge in [0.15, 0.2) is 0 Å². The van der Waals surface area contributed by atoms with E-state index in [1.54, 1.807) is 30.3 Å². The summed E-state index contributed by atoms with van der Waals surface area (Å²) in [7, 11) is 0. The fourth-order valence-corrected chi connectivity index (χ4v) is 2.34.